The van der Waals surface area contributed by atoms with Crippen molar-refractivity contribution in [1.29, 1.82) is 0 Å². The SMILES string of the molecule is O=[N+]([O-])c1ccc2c(c1)CCN2c1nccc(Cl)n1. The van der Waals surface area contributed by atoms with E-state index >= 15 is 0 Å². The van der Waals surface area contributed by atoms with Crippen LogP contribution in [0.3, 0.4) is 0 Å². The summed E-state index contributed by atoms with van der Waals surface area (Å²) >= 11 is 5.85. The van der Waals surface area contributed by atoms with E-state index in [0.29, 0.717) is 17.6 Å². The highest BCUT2D eigenvalue weighted by molar-refractivity contribution is 6.29. The lowest BCUT2D eigenvalue weighted by atomic mass is 10.1. The Kier molecular flexibility index (Phi) is 2.79. The molecule has 1 aliphatic heterocycles. The first-order valence-electron chi connectivity index (χ1n) is 5.68. The third-order valence-corrected chi connectivity index (χ3v) is 3.23. The number of aromatic nitrogens is 2. The zero-order chi connectivity index (χ0) is 13.4. The fourth-order valence-electron chi connectivity index (χ4n) is 2.17. The zero-order valence-electron chi connectivity index (χ0n) is 9.78. The molecule has 1 aliphatic rings. The van der Waals surface area contributed by atoms with Gasteiger partial charge < -0.3 is 4.90 Å². The van der Waals surface area contributed by atoms with Gasteiger partial charge in [-0.1, -0.05) is 11.6 Å². The summed E-state index contributed by atoms with van der Waals surface area (Å²) in [7, 11) is 0. The van der Waals surface area contributed by atoms with Crippen LogP contribution in [-0.4, -0.2) is 21.4 Å². The topological polar surface area (TPSA) is 72.2 Å². The molecule has 96 valence electrons. The molecule has 0 bridgehead atoms. The zero-order valence-corrected chi connectivity index (χ0v) is 10.5. The van der Waals surface area contributed by atoms with Gasteiger partial charge in [0.25, 0.3) is 5.69 Å². The summed E-state index contributed by atoms with van der Waals surface area (Å²) in [5, 5.41) is 11.1. The van der Waals surface area contributed by atoms with Crippen LogP contribution in [0.2, 0.25) is 5.15 Å². The van der Waals surface area contributed by atoms with E-state index in [-0.39, 0.29) is 5.69 Å². The number of rotatable bonds is 2. The fraction of sp³-hybridized carbons (Fsp3) is 0.167. The average molecular weight is 277 g/mol. The summed E-state index contributed by atoms with van der Waals surface area (Å²) in [6.45, 7) is 0.691. The summed E-state index contributed by atoms with van der Waals surface area (Å²) in [5.41, 5.74) is 1.93. The quantitative estimate of drug-likeness (QED) is 0.479. The lowest BCUT2D eigenvalue weighted by Gasteiger charge is -2.16. The van der Waals surface area contributed by atoms with Gasteiger partial charge in [-0.25, -0.2) is 9.97 Å². The highest BCUT2D eigenvalue weighted by Crippen LogP contribution is 2.34. The second-order valence-electron chi connectivity index (χ2n) is 4.15. The largest absolute Gasteiger partial charge is 0.310 e. The van der Waals surface area contributed by atoms with Gasteiger partial charge in [0.15, 0.2) is 0 Å². The van der Waals surface area contributed by atoms with E-state index in [2.05, 4.69) is 9.97 Å². The molecular weight excluding hydrogens is 268 g/mol. The van der Waals surface area contributed by atoms with E-state index in [1.54, 1.807) is 24.4 Å². The van der Waals surface area contributed by atoms with Gasteiger partial charge in [0.1, 0.15) is 5.15 Å². The molecule has 0 saturated carbocycles. The molecule has 0 N–H and O–H groups in total. The van der Waals surface area contributed by atoms with Gasteiger partial charge in [-0.2, -0.15) is 0 Å². The maximum absolute atomic E-state index is 10.7. The first kappa shape index (κ1) is 11.9. The molecule has 0 spiro atoms. The lowest BCUT2D eigenvalue weighted by molar-refractivity contribution is -0.384. The van der Waals surface area contributed by atoms with Crippen molar-refractivity contribution in [1.82, 2.24) is 9.97 Å². The number of hydrogen-bond acceptors (Lipinski definition) is 5. The number of nitro groups is 1. The standard InChI is InChI=1S/C12H9ClN4O2/c13-11-3-5-14-12(15-11)16-6-4-8-7-9(17(18)19)1-2-10(8)16/h1-3,5,7H,4,6H2. The highest BCUT2D eigenvalue weighted by atomic mass is 35.5. The minimum absolute atomic E-state index is 0.104. The normalized spacial score (nSPS) is 13.4. The van der Waals surface area contributed by atoms with E-state index in [1.165, 1.54) is 6.07 Å². The van der Waals surface area contributed by atoms with Crippen molar-refractivity contribution in [2.45, 2.75) is 6.42 Å². The van der Waals surface area contributed by atoms with Crippen LogP contribution < -0.4 is 4.90 Å². The molecule has 0 saturated heterocycles. The van der Waals surface area contributed by atoms with Crippen LogP contribution in [0, 0.1) is 10.1 Å². The number of non-ortho nitro benzene ring substituents is 1. The Bertz CT molecular complexity index is 662. The molecule has 1 aromatic heterocycles. The van der Waals surface area contributed by atoms with E-state index in [1.807, 2.05) is 4.90 Å². The van der Waals surface area contributed by atoms with Crippen LogP contribution in [0.5, 0.6) is 0 Å². The minimum Gasteiger partial charge on any atom is -0.310 e. The number of fused-ring (bicyclic) bond motifs is 1. The minimum atomic E-state index is -0.390. The van der Waals surface area contributed by atoms with Crippen LogP contribution in [0.1, 0.15) is 5.56 Å². The Labute approximate surface area is 113 Å². The average Bonchev–Trinajstić information content (AvgIpc) is 2.81. The van der Waals surface area contributed by atoms with Crippen LogP contribution in [0.15, 0.2) is 30.5 Å². The van der Waals surface area contributed by atoms with E-state index in [4.69, 9.17) is 11.6 Å². The first-order chi connectivity index (χ1) is 9.15. The van der Waals surface area contributed by atoms with Crippen molar-refractivity contribution in [3.63, 3.8) is 0 Å². The monoisotopic (exact) mass is 276 g/mol. The molecule has 1 aromatic carbocycles. The first-order valence-corrected chi connectivity index (χ1v) is 6.06. The van der Waals surface area contributed by atoms with Crippen LogP contribution in [-0.2, 0) is 6.42 Å². The Morgan fingerprint density at radius 3 is 2.95 bits per heavy atom. The maximum Gasteiger partial charge on any atom is 0.269 e. The summed E-state index contributed by atoms with van der Waals surface area (Å²) < 4.78 is 0. The smallest absolute Gasteiger partial charge is 0.269 e. The van der Waals surface area contributed by atoms with Crippen molar-refractivity contribution in [2.24, 2.45) is 0 Å². The number of halogens is 1. The van der Waals surface area contributed by atoms with Crippen molar-refractivity contribution >= 4 is 28.9 Å². The Morgan fingerprint density at radius 2 is 2.21 bits per heavy atom. The molecule has 0 atom stereocenters. The Hall–Kier alpha value is -2.21. The molecular formula is C12H9ClN4O2. The molecule has 7 heteroatoms. The van der Waals surface area contributed by atoms with Gasteiger partial charge in [0.2, 0.25) is 5.95 Å². The molecule has 19 heavy (non-hydrogen) atoms. The summed E-state index contributed by atoms with van der Waals surface area (Å²) in [5.74, 6) is 0.514. The summed E-state index contributed by atoms with van der Waals surface area (Å²) in [4.78, 5) is 20.6. The molecule has 3 rings (SSSR count). The lowest BCUT2D eigenvalue weighted by Crippen LogP contribution is -2.16. The van der Waals surface area contributed by atoms with Crippen LogP contribution in [0.25, 0.3) is 0 Å². The molecule has 6 nitrogen and oxygen atoms in total. The number of anilines is 2. The van der Waals surface area contributed by atoms with Crippen molar-refractivity contribution in [2.75, 3.05) is 11.4 Å². The third kappa shape index (κ3) is 2.10. The highest BCUT2D eigenvalue weighted by Gasteiger charge is 2.24. The van der Waals surface area contributed by atoms with Crippen LogP contribution in [0.4, 0.5) is 17.3 Å². The van der Waals surface area contributed by atoms with E-state index in [0.717, 1.165) is 17.7 Å². The van der Waals surface area contributed by atoms with Gasteiger partial charge in [-0.3, -0.25) is 10.1 Å². The molecule has 2 heterocycles. The predicted molar refractivity (Wildman–Crippen MR) is 70.8 cm³/mol. The fourth-order valence-corrected chi connectivity index (χ4v) is 2.30. The van der Waals surface area contributed by atoms with Gasteiger partial charge in [0.05, 0.1) is 4.92 Å². The Morgan fingerprint density at radius 1 is 1.37 bits per heavy atom. The molecule has 0 fully saturated rings. The summed E-state index contributed by atoms with van der Waals surface area (Å²) in [6, 6.07) is 6.42. The van der Waals surface area contributed by atoms with Gasteiger partial charge in [-0.15, -0.1) is 0 Å². The number of benzene rings is 1. The summed E-state index contributed by atoms with van der Waals surface area (Å²) in [6.07, 6.45) is 2.32. The predicted octanol–water partition coefficient (Wildman–Crippen LogP) is 2.73. The van der Waals surface area contributed by atoms with Gasteiger partial charge in [0, 0.05) is 30.6 Å². The number of nitrogens with zero attached hydrogens (tertiary/aromatic N) is 4. The molecule has 0 amide bonds. The van der Waals surface area contributed by atoms with E-state index in [9.17, 15) is 10.1 Å². The molecule has 0 radical (unpaired) electrons. The van der Waals surface area contributed by atoms with Crippen LogP contribution >= 0.6 is 11.6 Å². The second kappa shape index (κ2) is 4.47. The van der Waals surface area contributed by atoms with Crippen molar-refractivity contribution in [3.8, 4) is 0 Å². The molecule has 0 unspecified atom stereocenters. The number of hydrogen-bond donors (Lipinski definition) is 0. The molecule has 0 aliphatic carbocycles. The van der Waals surface area contributed by atoms with Crippen molar-refractivity contribution < 1.29 is 4.92 Å². The second-order valence-corrected chi connectivity index (χ2v) is 4.54. The van der Waals surface area contributed by atoms with Gasteiger partial charge >= 0.3 is 0 Å². The molecule has 2 aromatic rings. The Balaban J connectivity index is 2.01. The van der Waals surface area contributed by atoms with Gasteiger partial charge in [-0.05, 0) is 24.1 Å². The third-order valence-electron chi connectivity index (χ3n) is 3.02. The van der Waals surface area contributed by atoms with E-state index < -0.39 is 4.92 Å². The van der Waals surface area contributed by atoms with Crippen molar-refractivity contribution in [3.05, 3.63) is 51.3 Å². The maximum atomic E-state index is 10.7. The number of nitro benzene ring substituents is 1.